The van der Waals surface area contributed by atoms with Crippen LogP contribution in [0.2, 0.25) is 0 Å². The van der Waals surface area contributed by atoms with E-state index < -0.39 is 0 Å². The molecule has 0 spiro atoms. The summed E-state index contributed by atoms with van der Waals surface area (Å²) in [6.45, 7) is 0.383. The molecule has 0 aliphatic carbocycles. The maximum Gasteiger partial charge on any atom is 0.338 e. The molecular weight excluding hydrogens is 247 g/mol. The molecule has 0 saturated carbocycles. The molecule has 0 saturated heterocycles. The monoisotopic (exact) mass is 260 g/mol. The van der Waals surface area contributed by atoms with Gasteiger partial charge in [0.1, 0.15) is 0 Å². The summed E-state index contributed by atoms with van der Waals surface area (Å²) in [5.41, 5.74) is 0.572. The lowest BCUT2D eigenvalue weighted by atomic mass is 10.2. The van der Waals surface area contributed by atoms with E-state index in [1.165, 1.54) is 0 Å². The van der Waals surface area contributed by atoms with Crippen LogP contribution >= 0.6 is 23.2 Å². The minimum Gasteiger partial charge on any atom is -0.462 e. The fourth-order valence-electron chi connectivity index (χ4n) is 1.20. The van der Waals surface area contributed by atoms with Crippen LogP contribution in [-0.4, -0.2) is 23.8 Å². The minimum absolute atomic E-state index is 0.0444. The van der Waals surface area contributed by atoms with Gasteiger partial charge in [0.2, 0.25) is 0 Å². The highest BCUT2D eigenvalue weighted by Crippen LogP contribution is 2.08. The van der Waals surface area contributed by atoms with Gasteiger partial charge in [-0.05, 0) is 25.0 Å². The summed E-state index contributed by atoms with van der Waals surface area (Å²) in [7, 11) is 0. The van der Waals surface area contributed by atoms with Gasteiger partial charge in [0, 0.05) is 11.3 Å². The van der Waals surface area contributed by atoms with Gasteiger partial charge in [0.05, 0.1) is 12.2 Å². The van der Waals surface area contributed by atoms with Gasteiger partial charge in [-0.1, -0.05) is 18.2 Å². The normalized spacial score (nSPS) is 12.1. The quantitative estimate of drug-likeness (QED) is 0.445. The second kappa shape index (κ2) is 7.53. The summed E-state index contributed by atoms with van der Waals surface area (Å²) in [5.74, 6) is 0.131. The van der Waals surface area contributed by atoms with Crippen molar-refractivity contribution in [2.24, 2.45) is 0 Å². The molecule has 1 rings (SSSR count). The lowest BCUT2D eigenvalue weighted by molar-refractivity contribution is 0.0498. The van der Waals surface area contributed by atoms with Crippen LogP contribution in [0, 0.1) is 0 Å². The highest BCUT2D eigenvalue weighted by molar-refractivity contribution is 6.28. The zero-order valence-corrected chi connectivity index (χ0v) is 10.4. The predicted octanol–water partition coefficient (Wildman–Crippen LogP) is 3.47. The molecular formula is C12H14Cl2O2. The smallest absolute Gasteiger partial charge is 0.338 e. The molecule has 0 N–H and O–H groups in total. The van der Waals surface area contributed by atoms with Crippen LogP contribution in [0.1, 0.15) is 23.2 Å². The second-order valence-corrected chi connectivity index (χ2v) is 4.32. The number of halogens is 2. The van der Waals surface area contributed by atoms with Gasteiger partial charge in [0.25, 0.3) is 0 Å². The first-order valence-electron chi connectivity index (χ1n) is 5.16. The Morgan fingerprint density at radius 1 is 1.31 bits per heavy atom. The molecule has 16 heavy (non-hydrogen) atoms. The van der Waals surface area contributed by atoms with E-state index in [0.717, 1.165) is 12.8 Å². The molecule has 2 nitrogen and oxygen atoms in total. The van der Waals surface area contributed by atoms with Crippen molar-refractivity contribution >= 4 is 29.2 Å². The average molecular weight is 261 g/mol. The zero-order valence-electron chi connectivity index (χ0n) is 8.86. The molecule has 0 radical (unpaired) electrons. The highest BCUT2D eigenvalue weighted by atomic mass is 35.5. The van der Waals surface area contributed by atoms with Crippen LogP contribution in [0.4, 0.5) is 0 Å². The van der Waals surface area contributed by atoms with Gasteiger partial charge in [-0.15, -0.1) is 23.2 Å². The standard InChI is InChI=1S/C12H14Cl2O2/c13-9-11(14)7-4-8-16-12(15)10-5-2-1-3-6-10/h1-3,5-6,11H,4,7-9H2. The number of ether oxygens (including phenoxy) is 1. The molecule has 0 aliphatic heterocycles. The van der Waals surface area contributed by atoms with Gasteiger partial charge in [-0.25, -0.2) is 4.79 Å². The van der Waals surface area contributed by atoms with Crippen molar-refractivity contribution in [1.29, 1.82) is 0 Å². The lowest BCUT2D eigenvalue weighted by Crippen LogP contribution is -2.08. The first-order chi connectivity index (χ1) is 7.74. The third-order valence-corrected chi connectivity index (χ3v) is 2.97. The van der Waals surface area contributed by atoms with Crippen molar-refractivity contribution in [3.05, 3.63) is 35.9 Å². The fraction of sp³-hybridized carbons (Fsp3) is 0.417. The minimum atomic E-state index is -0.294. The Bertz CT molecular complexity index is 314. The highest BCUT2D eigenvalue weighted by Gasteiger charge is 2.06. The number of alkyl halides is 2. The number of rotatable bonds is 6. The van der Waals surface area contributed by atoms with Crippen LogP contribution in [0.15, 0.2) is 30.3 Å². The molecule has 1 aromatic rings. The molecule has 0 bridgehead atoms. The van der Waals surface area contributed by atoms with Gasteiger partial charge in [0.15, 0.2) is 0 Å². The van der Waals surface area contributed by atoms with E-state index in [9.17, 15) is 4.79 Å². The Morgan fingerprint density at radius 2 is 2.00 bits per heavy atom. The summed E-state index contributed by atoms with van der Waals surface area (Å²) >= 11 is 11.4. The van der Waals surface area contributed by atoms with Crippen LogP contribution in [-0.2, 0) is 4.74 Å². The summed E-state index contributed by atoms with van der Waals surface area (Å²) in [6.07, 6.45) is 1.49. The molecule has 4 heteroatoms. The predicted molar refractivity (Wildman–Crippen MR) is 66.3 cm³/mol. The third-order valence-electron chi connectivity index (χ3n) is 2.07. The summed E-state index contributed by atoms with van der Waals surface area (Å²) in [5, 5.41) is -0.0444. The summed E-state index contributed by atoms with van der Waals surface area (Å²) in [6, 6.07) is 8.92. The number of hydrogen-bond acceptors (Lipinski definition) is 2. The molecule has 1 aromatic carbocycles. The van der Waals surface area contributed by atoms with Crippen LogP contribution < -0.4 is 0 Å². The number of carbonyl (C=O) groups excluding carboxylic acids is 1. The Kier molecular flexibility index (Phi) is 6.27. The molecule has 0 heterocycles. The Hall–Kier alpha value is -0.730. The van der Waals surface area contributed by atoms with E-state index in [2.05, 4.69) is 0 Å². The topological polar surface area (TPSA) is 26.3 Å². The van der Waals surface area contributed by atoms with Gasteiger partial charge < -0.3 is 4.74 Å². The molecule has 1 unspecified atom stereocenters. The van der Waals surface area contributed by atoms with Crippen molar-refractivity contribution < 1.29 is 9.53 Å². The first kappa shape index (κ1) is 13.3. The molecule has 0 aliphatic rings. The summed E-state index contributed by atoms with van der Waals surface area (Å²) in [4.78, 5) is 11.5. The Balaban J connectivity index is 2.21. The average Bonchev–Trinajstić information content (AvgIpc) is 2.35. The Labute approximate surface area is 106 Å². The van der Waals surface area contributed by atoms with Gasteiger partial charge >= 0.3 is 5.97 Å². The Morgan fingerprint density at radius 3 is 2.62 bits per heavy atom. The molecule has 1 atom stereocenters. The SMILES string of the molecule is O=C(OCCCC(Cl)CCl)c1ccccc1. The number of carbonyl (C=O) groups is 1. The van der Waals surface area contributed by atoms with E-state index in [1.807, 2.05) is 6.07 Å². The van der Waals surface area contributed by atoms with Crippen molar-refractivity contribution in [1.82, 2.24) is 0 Å². The van der Waals surface area contributed by atoms with E-state index in [-0.39, 0.29) is 11.3 Å². The maximum absolute atomic E-state index is 11.5. The van der Waals surface area contributed by atoms with E-state index in [4.69, 9.17) is 27.9 Å². The van der Waals surface area contributed by atoms with Crippen LogP contribution in [0.3, 0.4) is 0 Å². The fourth-order valence-corrected chi connectivity index (χ4v) is 1.51. The maximum atomic E-state index is 11.5. The van der Waals surface area contributed by atoms with Crippen molar-refractivity contribution in [3.8, 4) is 0 Å². The number of esters is 1. The third kappa shape index (κ3) is 4.86. The number of hydrogen-bond donors (Lipinski definition) is 0. The molecule has 0 fully saturated rings. The first-order valence-corrected chi connectivity index (χ1v) is 6.13. The second-order valence-electron chi connectivity index (χ2n) is 3.40. The van der Waals surface area contributed by atoms with Crippen LogP contribution in [0.25, 0.3) is 0 Å². The largest absolute Gasteiger partial charge is 0.462 e. The lowest BCUT2D eigenvalue weighted by Gasteiger charge is -2.06. The van der Waals surface area contributed by atoms with Crippen LogP contribution in [0.5, 0.6) is 0 Å². The van der Waals surface area contributed by atoms with E-state index >= 15 is 0 Å². The van der Waals surface area contributed by atoms with Gasteiger partial charge in [-0.3, -0.25) is 0 Å². The van der Waals surface area contributed by atoms with E-state index in [1.54, 1.807) is 24.3 Å². The van der Waals surface area contributed by atoms with Gasteiger partial charge in [-0.2, -0.15) is 0 Å². The van der Waals surface area contributed by atoms with Crippen molar-refractivity contribution in [3.63, 3.8) is 0 Å². The summed E-state index contributed by atoms with van der Waals surface area (Å²) < 4.78 is 5.08. The zero-order chi connectivity index (χ0) is 11.8. The molecule has 0 amide bonds. The molecule has 88 valence electrons. The van der Waals surface area contributed by atoms with E-state index in [0.29, 0.717) is 18.1 Å². The number of benzene rings is 1. The van der Waals surface area contributed by atoms with Crippen molar-refractivity contribution in [2.75, 3.05) is 12.5 Å². The molecule has 0 aromatic heterocycles. The van der Waals surface area contributed by atoms with Crippen molar-refractivity contribution in [2.45, 2.75) is 18.2 Å².